The first-order valence-corrected chi connectivity index (χ1v) is 9.68. The molecule has 0 saturated carbocycles. The first-order valence-electron chi connectivity index (χ1n) is 8.24. The van der Waals surface area contributed by atoms with Crippen molar-refractivity contribution in [2.75, 3.05) is 18.4 Å². The van der Waals surface area contributed by atoms with Gasteiger partial charge in [-0.1, -0.05) is 32.3 Å². The molecule has 0 atom stereocenters. The number of carbonyl (C=O) groups excluding carboxylic acids is 1. The van der Waals surface area contributed by atoms with E-state index in [2.05, 4.69) is 10.5 Å². The van der Waals surface area contributed by atoms with Crippen LogP contribution in [0.25, 0.3) is 0 Å². The first kappa shape index (κ1) is 18.9. The summed E-state index contributed by atoms with van der Waals surface area (Å²) < 4.78 is 30.7. The lowest BCUT2D eigenvalue weighted by molar-refractivity contribution is -0.118. The maximum atomic E-state index is 12.8. The number of hydrogen-bond acceptors (Lipinski definition) is 5. The number of rotatable bonds is 4. The number of nitrogens with one attached hydrogen (secondary N) is 1. The minimum absolute atomic E-state index is 0.229. The second-order valence-electron chi connectivity index (χ2n) is 7.76. The Kier molecular flexibility index (Phi) is 5.11. The summed E-state index contributed by atoms with van der Waals surface area (Å²) in [5.74, 6) is 0.239. The molecule has 2 heterocycles. The Morgan fingerprint density at radius 3 is 2.25 bits per heavy atom. The van der Waals surface area contributed by atoms with Gasteiger partial charge in [-0.25, -0.2) is 12.7 Å². The number of nitrogens with zero attached hydrogens (tertiary/aromatic N) is 2. The highest BCUT2D eigenvalue weighted by molar-refractivity contribution is 7.91. The molecule has 1 N–H and O–H groups in total. The van der Waals surface area contributed by atoms with Crippen LogP contribution in [0.2, 0.25) is 0 Å². The third kappa shape index (κ3) is 3.64. The van der Waals surface area contributed by atoms with Gasteiger partial charge in [-0.3, -0.25) is 4.79 Å². The summed E-state index contributed by atoms with van der Waals surface area (Å²) in [7, 11) is -3.74. The van der Waals surface area contributed by atoms with Crippen LogP contribution in [0, 0.1) is 0 Å². The van der Waals surface area contributed by atoms with Crippen LogP contribution in [-0.2, 0) is 20.2 Å². The minimum atomic E-state index is -3.74. The monoisotopic (exact) mass is 357 g/mol. The molecule has 1 saturated heterocycles. The molecule has 0 aliphatic carbocycles. The standard InChI is InChI=1S/C16H27N3O4S/c1-15(2,3)12-11-13(18-23-12)17-14(20)16(4,5)24(21,22)19-9-7-6-8-10-19/h11H,6-10H2,1-5H3,(H,17,18,20). The molecule has 1 aromatic heterocycles. The molecule has 0 unspecified atom stereocenters. The van der Waals surface area contributed by atoms with Gasteiger partial charge in [0.15, 0.2) is 10.6 Å². The van der Waals surface area contributed by atoms with Gasteiger partial charge in [-0.2, -0.15) is 0 Å². The number of piperidine rings is 1. The second kappa shape index (κ2) is 6.48. The van der Waals surface area contributed by atoms with Crippen LogP contribution in [0.5, 0.6) is 0 Å². The summed E-state index contributed by atoms with van der Waals surface area (Å²) in [6, 6.07) is 1.63. The van der Waals surface area contributed by atoms with Crippen molar-refractivity contribution in [1.29, 1.82) is 0 Å². The second-order valence-corrected chi connectivity index (χ2v) is 10.2. The summed E-state index contributed by atoms with van der Waals surface area (Å²) in [4.78, 5) is 12.6. The summed E-state index contributed by atoms with van der Waals surface area (Å²) in [6.07, 6.45) is 2.68. The van der Waals surface area contributed by atoms with Crippen molar-refractivity contribution in [2.45, 2.75) is 64.0 Å². The van der Waals surface area contributed by atoms with E-state index < -0.39 is 20.7 Å². The molecule has 1 aliphatic heterocycles. The van der Waals surface area contributed by atoms with E-state index >= 15 is 0 Å². The van der Waals surface area contributed by atoms with Gasteiger partial charge in [0, 0.05) is 24.6 Å². The first-order chi connectivity index (χ1) is 11.0. The van der Waals surface area contributed by atoms with Gasteiger partial charge < -0.3 is 9.84 Å². The molecule has 136 valence electrons. The van der Waals surface area contributed by atoms with E-state index in [0.717, 1.165) is 19.3 Å². The fourth-order valence-corrected chi connectivity index (χ4v) is 4.17. The third-order valence-electron chi connectivity index (χ3n) is 4.34. The summed E-state index contributed by atoms with van der Waals surface area (Å²) in [6.45, 7) is 9.68. The molecule has 0 spiro atoms. The summed E-state index contributed by atoms with van der Waals surface area (Å²) >= 11 is 0. The van der Waals surface area contributed by atoms with Gasteiger partial charge in [-0.05, 0) is 26.7 Å². The fraction of sp³-hybridized carbons (Fsp3) is 0.750. The highest BCUT2D eigenvalue weighted by Gasteiger charge is 2.46. The van der Waals surface area contributed by atoms with Gasteiger partial charge in [0.2, 0.25) is 15.9 Å². The van der Waals surface area contributed by atoms with E-state index in [-0.39, 0.29) is 11.2 Å². The number of anilines is 1. The van der Waals surface area contributed by atoms with Gasteiger partial charge in [0.25, 0.3) is 0 Å². The zero-order valence-corrected chi connectivity index (χ0v) is 15.9. The Balaban J connectivity index is 2.16. The number of hydrogen-bond donors (Lipinski definition) is 1. The van der Waals surface area contributed by atoms with Gasteiger partial charge in [0.05, 0.1) is 0 Å². The SMILES string of the molecule is CC(C)(C)c1cc(NC(=O)C(C)(C)S(=O)(=O)N2CCCCC2)no1. The van der Waals surface area contributed by atoms with Gasteiger partial charge in [0.1, 0.15) is 5.76 Å². The van der Waals surface area contributed by atoms with Crippen molar-refractivity contribution in [3.63, 3.8) is 0 Å². The molecule has 1 aromatic rings. The topological polar surface area (TPSA) is 92.5 Å². The molecule has 0 bridgehead atoms. The maximum absolute atomic E-state index is 12.8. The third-order valence-corrected chi connectivity index (χ3v) is 6.86. The molecule has 2 rings (SSSR count). The highest BCUT2D eigenvalue weighted by Crippen LogP contribution is 2.28. The lowest BCUT2D eigenvalue weighted by Crippen LogP contribution is -2.53. The van der Waals surface area contributed by atoms with E-state index in [1.807, 2.05) is 20.8 Å². The highest BCUT2D eigenvalue weighted by atomic mass is 32.2. The van der Waals surface area contributed by atoms with Crippen molar-refractivity contribution in [3.05, 3.63) is 11.8 Å². The van der Waals surface area contributed by atoms with Crippen molar-refractivity contribution in [1.82, 2.24) is 9.46 Å². The number of aromatic nitrogens is 1. The predicted molar refractivity (Wildman–Crippen MR) is 92.3 cm³/mol. The molecule has 8 heteroatoms. The molecule has 0 aromatic carbocycles. The van der Waals surface area contributed by atoms with Crippen LogP contribution in [0.1, 0.15) is 59.6 Å². The molecule has 24 heavy (non-hydrogen) atoms. The van der Waals surface area contributed by atoms with Crippen LogP contribution in [0.15, 0.2) is 10.6 Å². The van der Waals surface area contributed by atoms with Crippen molar-refractivity contribution >= 4 is 21.7 Å². The molecular weight excluding hydrogens is 330 g/mol. The Hall–Kier alpha value is -1.41. The fourth-order valence-electron chi connectivity index (χ4n) is 2.50. The van der Waals surface area contributed by atoms with Crippen LogP contribution in [0.4, 0.5) is 5.82 Å². The lowest BCUT2D eigenvalue weighted by atomic mass is 9.93. The van der Waals surface area contributed by atoms with Crippen LogP contribution < -0.4 is 5.32 Å². The average molecular weight is 357 g/mol. The molecule has 1 amide bonds. The maximum Gasteiger partial charge on any atom is 0.247 e. The van der Waals surface area contributed by atoms with Crippen molar-refractivity contribution in [3.8, 4) is 0 Å². The zero-order chi connectivity index (χ0) is 18.2. The Morgan fingerprint density at radius 1 is 1.17 bits per heavy atom. The zero-order valence-electron chi connectivity index (χ0n) is 15.0. The van der Waals surface area contributed by atoms with E-state index in [1.165, 1.54) is 18.2 Å². The van der Waals surface area contributed by atoms with Crippen molar-refractivity contribution < 1.29 is 17.7 Å². The van der Waals surface area contributed by atoms with Crippen LogP contribution in [-0.4, -0.2) is 41.6 Å². The summed E-state index contributed by atoms with van der Waals surface area (Å²) in [5, 5.41) is 6.39. The largest absolute Gasteiger partial charge is 0.359 e. The molecule has 7 nitrogen and oxygen atoms in total. The Bertz CT molecular complexity index is 695. The van der Waals surface area contributed by atoms with Gasteiger partial charge in [-0.15, -0.1) is 0 Å². The normalized spacial score (nSPS) is 17.7. The van der Waals surface area contributed by atoms with E-state index in [1.54, 1.807) is 6.07 Å². The smallest absolute Gasteiger partial charge is 0.247 e. The van der Waals surface area contributed by atoms with Crippen LogP contribution in [0.3, 0.4) is 0 Å². The number of amides is 1. The summed E-state index contributed by atoms with van der Waals surface area (Å²) in [5.41, 5.74) is -0.245. The predicted octanol–water partition coefficient (Wildman–Crippen LogP) is 2.50. The molecule has 0 radical (unpaired) electrons. The van der Waals surface area contributed by atoms with Gasteiger partial charge >= 0.3 is 0 Å². The van der Waals surface area contributed by atoms with Crippen molar-refractivity contribution in [2.24, 2.45) is 0 Å². The Morgan fingerprint density at radius 2 is 1.75 bits per heavy atom. The number of carbonyl (C=O) groups is 1. The van der Waals surface area contributed by atoms with Crippen LogP contribution >= 0.6 is 0 Å². The quantitative estimate of drug-likeness (QED) is 0.894. The minimum Gasteiger partial charge on any atom is -0.359 e. The molecule has 1 fully saturated rings. The van der Waals surface area contributed by atoms with E-state index in [0.29, 0.717) is 18.8 Å². The molecule has 1 aliphatic rings. The Labute approximate surface area is 143 Å². The number of sulfonamides is 1. The van der Waals surface area contributed by atoms with E-state index in [9.17, 15) is 13.2 Å². The van der Waals surface area contributed by atoms with E-state index in [4.69, 9.17) is 4.52 Å². The molecular formula is C16H27N3O4S. The average Bonchev–Trinajstić information content (AvgIpc) is 2.96. The lowest BCUT2D eigenvalue weighted by Gasteiger charge is -2.33.